The third-order valence-corrected chi connectivity index (χ3v) is 10.7. The van der Waals surface area contributed by atoms with Crippen molar-refractivity contribution in [1.29, 1.82) is 0 Å². The first-order valence-corrected chi connectivity index (χ1v) is 16.8. The van der Waals surface area contributed by atoms with Gasteiger partial charge in [0.05, 0.1) is 0 Å². The molecule has 1 aliphatic carbocycles. The van der Waals surface area contributed by atoms with Crippen LogP contribution >= 0.6 is 0 Å². The molecule has 9 aromatic rings. The highest BCUT2D eigenvalue weighted by Crippen LogP contribution is 2.52. The summed E-state index contributed by atoms with van der Waals surface area (Å²) in [6.07, 6.45) is 0. The number of fused-ring (bicyclic) bond motifs is 8. The summed E-state index contributed by atoms with van der Waals surface area (Å²) in [5, 5.41) is 7.26. The lowest BCUT2D eigenvalue weighted by atomic mass is 9.81. The third kappa shape index (κ3) is 3.79. The average molecular weight is 613 g/mol. The van der Waals surface area contributed by atoms with Gasteiger partial charge >= 0.3 is 0 Å². The van der Waals surface area contributed by atoms with E-state index < -0.39 is 0 Å². The molecule has 0 saturated carbocycles. The standard InChI is InChI=1S/C47H32O/c1-47(2)40-20-9-7-15-35(40)36-27-26-32(28-41(36)47)44-38-17-6-5-16-37(38)43(45-39-18-8-10-21-42(39)48-46(44)45)31-24-22-30(23-25-31)34-19-11-13-29-12-3-4-14-33(29)34/h3-28H,1-2H3. The van der Waals surface area contributed by atoms with Gasteiger partial charge in [0.2, 0.25) is 0 Å². The summed E-state index contributed by atoms with van der Waals surface area (Å²) < 4.78 is 6.88. The molecule has 8 aromatic carbocycles. The number of furan rings is 1. The van der Waals surface area contributed by atoms with Crippen LogP contribution in [0.4, 0.5) is 0 Å². The van der Waals surface area contributed by atoms with Gasteiger partial charge in [-0.15, -0.1) is 0 Å². The Kier molecular flexibility index (Phi) is 5.69. The first kappa shape index (κ1) is 27.2. The Labute approximate surface area is 279 Å². The molecule has 48 heavy (non-hydrogen) atoms. The molecule has 1 nitrogen and oxygen atoms in total. The minimum Gasteiger partial charge on any atom is -0.455 e. The fourth-order valence-electron chi connectivity index (χ4n) is 8.39. The number of benzene rings is 8. The van der Waals surface area contributed by atoms with E-state index in [0.717, 1.165) is 22.1 Å². The molecule has 0 bridgehead atoms. The first-order valence-electron chi connectivity index (χ1n) is 16.8. The average Bonchev–Trinajstić information content (AvgIpc) is 3.62. The van der Waals surface area contributed by atoms with Gasteiger partial charge in [-0.1, -0.05) is 159 Å². The van der Waals surface area contributed by atoms with E-state index in [2.05, 4.69) is 172 Å². The normalized spacial score (nSPS) is 13.4. The van der Waals surface area contributed by atoms with E-state index in [1.54, 1.807) is 0 Å². The third-order valence-electron chi connectivity index (χ3n) is 10.7. The molecule has 1 heterocycles. The van der Waals surface area contributed by atoms with Gasteiger partial charge in [-0.05, 0) is 78.2 Å². The molecule has 0 N–H and O–H groups in total. The quantitative estimate of drug-likeness (QED) is 0.193. The predicted molar refractivity (Wildman–Crippen MR) is 203 cm³/mol. The topological polar surface area (TPSA) is 13.1 Å². The smallest absolute Gasteiger partial charge is 0.144 e. The molecule has 0 unspecified atom stereocenters. The Morgan fingerprint density at radius 1 is 0.417 bits per heavy atom. The van der Waals surface area contributed by atoms with Gasteiger partial charge in [0, 0.05) is 27.3 Å². The zero-order chi connectivity index (χ0) is 32.0. The molecule has 0 fully saturated rings. The van der Waals surface area contributed by atoms with Crippen LogP contribution < -0.4 is 0 Å². The number of para-hydroxylation sites is 1. The van der Waals surface area contributed by atoms with Crippen LogP contribution in [0.1, 0.15) is 25.0 Å². The number of hydrogen-bond acceptors (Lipinski definition) is 1. The summed E-state index contributed by atoms with van der Waals surface area (Å²) in [5.41, 5.74) is 14.4. The Morgan fingerprint density at radius 3 is 1.83 bits per heavy atom. The highest BCUT2D eigenvalue weighted by atomic mass is 16.3. The lowest BCUT2D eigenvalue weighted by Gasteiger charge is -2.22. The summed E-state index contributed by atoms with van der Waals surface area (Å²) in [6.45, 7) is 4.70. The molecule has 1 aliphatic rings. The van der Waals surface area contributed by atoms with E-state index in [1.807, 2.05) is 0 Å². The second-order valence-corrected chi connectivity index (χ2v) is 13.6. The summed E-state index contributed by atoms with van der Waals surface area (Å²) >= 11 is 0. The largest absolute Gasteiger partial charge is 0.455 e. The highest BCUT2D eigenvalue weighted by molar-refractivity contribution is 6.26. The van der Waals surface area contributed by atoms with Crippen LogP contribution in [0, 0.1) is 0 Å². The van der Waals surface area contributed by atoms with Gasteiger partial charge in [0.25, 0.3) is 0 Å². The zero-order valence-electron chi connectivity index (χ0n) is 26.9. The van der Waals surface area contributed by atoms with Crippen LogP contribution in [0.2, 0.25) is 0 Å². The fraction of sp³-hybridized carbons (Fsp3) is 0.0638. The fourth-order valence-corrected chi connectivity index (χ4v) is 8.39. The van der Waals surface area contributed by atoms with Crippen LogP contribution in [0.3, 0.4) is 0 Å². The van der Waals surface area contributed by atoms with Gasteiger partial charge in [-0.3, -0.25) is 0 Å². The van der Waals surface area contributed by atoms with Crippen molar-refractivity contribution in [3.8, 4) is 44.5 Å². The van der Waals surface area contributed by atoms with Crippen LogP contribution in [-0.4, -0.2) is 0 Å². The van der Waals surface area contributed by atoms with Crippen molar-refractivity contribution in [2.45, 2.75) is 19.3 Å². The minimum atomic E-state index is -0.0868. The van der Waals surface area contributed by atoms with E-state index in [0.29, 0.717) is 0 Å². The number of rotatable bonds is 3. The van der Waals surface area contributed by atoms with Crippen molar-refractivity contribution in [2.24, 2.45) is 0 Å². The summed E-state index contributed by atoms with van der Waals surface area (Å²) in [4.78, 5) is 0. The SMILES string of the molecule is CC1(C)c2ccccc2-c2ccc(-c3c4ccccc4c(-c4ccc(-c5cccc6ccccc56)cc4)c4c3oc3ccccc34)cc21. The number of hydrogen-bond donors (Lipinski definition) is 0. The Bertz CT molecular complexity index is 2730. The molecule has 10 rings (SSSR count). The second-order valence-electron chi connectivity index (χ2n) is 13.6. The Hall–Kier alpha value is -5.92. The van der Waals surface area contributed by atoms with E-state index in [-0.39, 0.29) is 5.41 Å². The predicted octanol–water partition coefficient (Wildman–Crippen LogP) is 13.2. The van der Waals surface area contributed by atoms with Crippen molar-refractivity contribution < 1.29 is 4.42 Å². The maximum Gasteiger partial charge on any atom is 0.144 e. The highest BCUT2D eigenvalue weighted by Gasteiger charge is 2.35. The van der Waals surface area contributed by atoms with E-state index in [4.69, 9.17) is 4.42 Å². The van der Waals surface area contributed by atoms with Gasteiger partial charge in [0.1, 0.15) is 11.2 Å². The molecule has 226 valence electrons. The molecule has 0 amide bonds. The molecular weight excluding hydrogens is 581 g/mol. The lowest BCUT2D eigenvalue weighted by molar-refractivity contribution is 0.660. The molecule has 0 atom stereocenters. The van der Waals surface area contributed by atoms with Crippen molar-refractivity contribution in [3.63, 3.8) is 0 Å². The summed E-state index contributed by atoms with van der Waals surface area (Å²) in [7, 11) is 0. The Morgan fingerprint density at radius 2 is 1.00 bits per heavy atom. The van der Waals surface area contributed by atoms with Gasteiger partial charge < -0.3 is 4.42 Å². The summed E-state index contributed by atoms with van der Waals surface area (Å²) in [6, 6.07) is 57.5. The van der Waals surface area contributed by atoms with Crippen LogP contribution in [0.5, 0.6) is 0 Å². The van der Waals surface area contributed by atoms with Crippen LogP contribution in [-0.2, 0) is 5.41 Å². The van der Waals surface area contributed by atoms with Crippen molar-refractivity contribution in [2.75, 3.05) is 0 Å². The van der Waals surface area contributed by atoms with Gasteiger partial charge in [-0.25, -0.2) is 0 Å². The maximum absolute atomic E-state index is 6.88. The van der Waals surface area contributed by atoms with Crippen molar-refractivity contribution in [3.05, 3.63) is 169 Å². The first-order chi connectivity index (χ1) is 23.6. The molecule has 0 radical (unpaired) electrons. The molecule has 0 saturated heterocycles. The Balaban J connectivity index is 1.23. The molecule has 0 aliphatic heterocycles. The van der Waals surface area contributed by atoms with Gasteiger partial charge in [0.15, 0.2) is 0 Å². The summed E-state index contributed by atoms with van der Waals surface area (Å²) in [5.74, 6) is 0. The maximum atomic E-state index is 6.88. The minimum absolute atomic E-state index is 0.0868. The van der Waals surface area contributed by atoms with Gasteiger partial charge in [-0.2, -0.15) is 0 Å². The molecular formula is C47H32O. The lowest BCUT2D eigenvalue weighted by Crippen LogP contribution is -2.14. The molecule has 0 spiro atoms. The second kappa shape index (κ2) is 10.0. The molecule has 1 aromatic heterocycles. The van der Waals surface area contributed by atoms with Crippen LogP contribution in [0.25, 0.3) is 88.0 Å². The zero-order valence-corrected chi connectivity index (χ0v) is 26.9. The van der Waals surface area contributed by atoms with E-state index >= 15 is 0 Å². The van der Waals surface area contributed by atoms with E-state index in [9.17, 15) is 0 Å². The molecule has 1 heteroatoms. The van der Waals surface area contributed by atoms with Crippen molar-refractivity contribution in [1.82, 2.24) is 0 Å². The van der Waals surface area contributed by atoms with E-state index in [1.165, 1.54) is 77.0 Å². The monoisotopic (exact) mass is 612 g/mol. The van der Waals surface area contributed by atoms with Crippen LogP contribution in [0.15, 0.2) is 162 Å². The van der Waals surface area contributed by atoms with Crippen molar-refractivity contribution >= 4 is 43.5 Å².